The molecule has 2 amide bonds. The molecule has 3 rings (SSSR count). The standard InChI is InChI=1S/C23H31FN4O3/c1-5-28-21(10-17(4)25-28)23(30)27-13-19(12-26(11-16(2)3)22(29)14-27)31-15-18-8-6-7-9-20(18)24/h6-10,16,19H,5,11-15H2,1-4H3. The van der Waals surface area contributed by atoms with Crippen molar-refractivity contribution in [2.75, 3.05) is 26.2 Å². The van der Waals surface area contributed by atoms with Crippen LogP contribution >= 0.6 is 0 Å². The van der Waals surface area contributed by atoms with E-state index in [4.69, 9.17) is 4.74 Å². The van der Waals surface area contributed by atoms with Gasteiger partial charge in [-0.15, -0.1) is 0 Å². The topological polar surface area (TPSA) is 67.7 Å². The lowest BCUT2D eigenvalue weighted by Gasteiger charge is -2.26. The van der Waals surface area contributed by atoms with Crippen LogP contribution in [-0.2, 0) is 22.7 Å². The molecule has 1 aliphatic rings. The number of benzene rings is 1. The van der Waals surface area contributed by atoms with Crippen molar-refractivity contribution in [2.24, 2.45) is 5.92 Å². The van der Waals surface area contributed by atoms with Gasteiger partial charge in [-0.25, -0.2) is 4.39 Å². The summed E-state index contributed by atoms with van der Waals surface area (Å²) in [5, 5.41) is 4.35. The number of aromatic nitrogens is 2. The van der Waals surface area contributed by atoms with Gasteiger partial charge in [0.1, 0.15) is 18.1 Å². The Hall–Kier alpha value is -2.74. The third-order valence-electron chi connectivity index (χ3n) is 5.25. The van der Waals surface area contributed by atoms with Crippen LogP contribution in [0.15, 0.2) is 30.3 Å². The summed E-state index contributed by atoms with van der Waals surface area (Å²) in [5.74, 6) is -0.413. The van der Waals surface area contributed by atoms with Crippen molar-refractivity contribution in [3.63, 3.8) is 0 Å². The molecule has 1 aromatic carbocycles. The van der Waals surface area contributed by atoms with Gasteiger partial charge >= 0.3 is 0 Å². The zero-order valence-corrected chi connectivity index (χ0v) is 18.7. The second kappa shape index (κ2) is 10.0. The van der Waals surface area contributed by atoms with Crippen molar-refractivity contribution in [3.8, 4) is 0 Å². The molecule has 1 saturated heterocycles. The maximum atomic E-state index is 14.0. The molecule has 2 heterocycles. The number of aryl methyl sites for hydroxylation is 2. The van der Waals surface area contributed by atoms with Crippen LogP contribution in [0.5, 0.6) is 0 Å². The fourth-order valence-electron chi connectivity index (χ4n) is 3.80. The first-order chi connectivity index (χ1) is 14.8. The molecule has 168 valence electrons. The largest absolute Gasteiger partial charge is 0.370 e. The Bertz CT molecular complexity index is 927. The van der Waals surface area contributed by atoms with Crippen molar-refractivity contribution < 1.29 is 18.7 Å². The highest BCUT2D eigenvalue weighted by Gasteiger charge is 2.32. The Kier molecular flexibility index (Phi) is 7.43. The SMILES string of the molecule is CCn1nc(C)cc1C(=O)N1CC(=O)N(CC(C)C)CC(OCc2ccccc2F)C1. The summed E-state index contributed by atoms with van der Waals surface area (Å²) in [4.78, 5) is 29.5. The molecule has 2 aromatic rings. The van der Waals surface area contributed by atoms with Crippen molar-refractivity contribution in [1.29, 1.82) is 0 Å². The number of rotatable bonds is 7. The van der Waals surface area contributed by atoms with E-state index in [-0.39, 0.29) is 43.2 Å². The molecular weight excluding hydrogens is 399 g/mol. The summed E-state index contributed by atoms with van der Waals surface area (Å²) >= 11 is 0. The third-order valence-corrected chi connectivity index (χ3v) is 5.25. The van der Waals surface area contributed by atoms with E-state index in [0.29, 0.717) is 30.9 Å². The lowest BCUT2D eigenvalue weighted by atomic mass is 10.2. The monoisotopic (exact) mass is 430 g/mol. The highest BCUT2D eigenvalue weighted by molar-refractivity contribution is 5.95. The van der Waals surface area contributed by atoms with Crippen LogP contribution in [0, 0.1) is 18.7 Å². The van der Waals surface area contributed by atoms with Gasteiger partial charge in [-0.2, -0.15) is 5.10 Å². The summed E-state index contributed by atoms with van der Waals surface area (Å²) in [6, 6.07) is 8.20. The van der Waals surface area contributed by atoms with Gasteiger partial charge in [-0.05, 0) is 31.9 Å². The molecule has 1 atom stereocenters. The lowest BCUT2D eigenvalue weighted by molar-refractivity contribution is -0.132. The maximum absolute atomic E-state index is 14.0. The second-order valence-corrected chi connectivity index (χ2v) is 8.39. The van der Waals surface area contributed by atoms with Gasteiger partial charge in [-0.3, -0.25) is 14.3 Å². The highest BCUT2D eigenvalue weighted by atomic mass is 19.1. The van der Waals surface area contributed by atoms with E-state index >= 15 is 0 Å². The highest BCUT2D eigenvalue weighted by Crippen LogP contribution is 2.17. The number of hydrogen-bond acceptors (Lipinski definition) is 4. The van der Waals surface area contributed by atoms with Crippen molar-refractivity contribution in [2.45, 2.75) is 47.0 Å². The van der Waals surface area contributed by atoms with E-state index in [0.717, 1.165) is 5.69 Å². The first-order valence-electron chi connectivity index (χ1n) is 10.7. The van der Waals surface area contributed by atoms with E-state index in [1.807, 2.05) is 27.7 Å². The fourth-order valence-corrected chi connectivity index (χ4v) is 3.80. The van der Waals surface area contributed by atoms with E-state index in [9.17, 15) is 14.0 Å². The number of amides is 2. The molecule has 0 radical (unpaired) electrons. The van der Waals surface area contributed by atoms with E-state index in [1.54, 1.807) is 33.8 Å². The zero-order chi connectivity index (χ0) is 22.5. The van der Waals surface area contributed by atoms with E-state index in [1.165, 1.54) is 11.0 Å². The van der Waals surface area contributed by atoms with Crippen LogP contribution in [0.3, 0.4) is 0 Å². The molecule has 0 N–H and O–H groups in total. The Labute approximate surface area is 182 Å². The van der Waals surface area contributed by atoms with E-state index < -0.39 is 6.10 Å². The molecule has 8 heteroatoms. The van der Waals surface area contributed by atoms with Crippen LogP contribution < -0.4 is 0 Å². The Balaban J connectivity index is 1.81. The minimum atomic E-state index is -0.423. The van der Waals surface area contributed by atoms with Crippen molar-refractivity contribution >= 4 is 11.8 Å². The van der Waals surface area contributed by atoms with E-state index in [2.05, 4.69) is 5.10 Å². The Morgan fingerprint density at radius 2 is 2.03 bits per heavy atom. The molecular formula is C23H31FN4O3. The molecule has 7 nitrogen and oxygen atoms in total. The summed E-state index contributed by atoms with van der Waals surface area (Å²) in [6.45, 7) is 9.65. The quantitative estimate of drug-likeness (QED) is 0.678. The van der Waals surface area contributed by atoms with Gasteiger partial charge in [0.2, 0.25) is 5.91 Å². The second-order valence-electron chi connectivity index (χ2n) is 8.39. The molecule has 0 aliphatic carbocycles. The van der Waals surface area contributed by atoms with Crippen LogP contribution in [0.1, 0.15) is 42.5 Å². The summed E-state index contributed by atoms with van der Waals surface area (Å²) in [6.07, 6.45) is -0.423. The van der Waals surface area contributed by atoms with Gasteiger partial charge in [0.25, 0.3) is 5.91 Å². The Morgan fingerprint density at radius 3 is 2.71 bits per heavy atom. The zero-order valence-electron chi connectivity index (χ0n) is 18.7. The molecule has 0 saturated carbocycles. The maximum Gasteiger partial charge on any atom is 0.272 e. The van der Waals surface area contributed by atoms with Gasteiger partial charge in [0.15, 0.2) is 0 Å². The van der Waals surface area contributed by atoms with Gasteiger partial charge < -0.3 is 14.5 Å². The normalized spacial score (nSPS) is 17.4. The number of ether oxygens (including phenoxy) is 1. The Morgan fingerprint density at radius 1 is 1.29 bits per heavy atom. The van der Waals surface area contributed by atoms with Crippen LogP contribution in [-0.4, -0.2) is 63.7 Å². The summed E-state index contributed by atoms with van der Waals surface area (Å²) < 4.78 is 21.7. The predicted molar refractivity (Wildman–Crippen MR) is 115 cm³/mol. The number of nitrogens with zero attached hydrogens (tertiary/aromatic N) is 4. The number of hydrogen-bond donors (Lipinski definition) is 0. The molecule has 0 spiro atoms. The lowest BCUT2D eigenvalue weighted by Crippen LogP contribution is -2.41. The molecule has 1 fully saturated rings. The molecule has 1 aliphatic heterocycles. The van der Waals surface area contributed by atoms with Gasteiger partial charge in [-0.1, -0.05) is 32.0 Å². The number of carbonyl (C=O) groups is 2. The smallest absolute Gasteiger partial charge is 0.272 e. The minimum Gasteiger partial charge on any atom is -0.370 e. The fraction of sp³-hybridized carbons (Fsp3) is 0.522. The molecule has 0 bridgehead atoms. The molecule has 1 aromatic heterocycles. The average molecular weight is 431 g/mol. The van der Waals surface area contributed by atoms with Crippen LogP contribution in [0.4, 0.5) is 4.39 Å². The number of carbonyl (C=O) groups excluding carboxylic acids is 2. The van der Waals surface area contributed by atoms with Crippen LogP contribution in [0.2, 0.25) is 0 Å². The minimum absolute atomic E-state index is 0.0148. The van der Waals surface area contributed by atoms with Gasteiger partial charge in [0, 0.05) is 31.7 Å². The predicted octanol–water partition coefficient (Wildman–Crippen LogP) is 2.88. The number of halogens is 1. The van der Waals surface area contributed by atoms with Gasteiger partial charge in [0.05, 0.1) is 18.4 Å². The van der Waals surface area contributed by atoms with Crippen molar-refractivity contribution in [3.05, 3.63) is 53.1 Å². The average Bonchev–Trinajstić information content (AvgIpc) is 3.03. The molecule has 31 heavy (non-hydrogen) atoms. The van der Waals surface area contributed by atoms with Crippen molar-refractivity contribution in [1.82, 2.24) is 19.6 Å². The first-order valence-corrected chi connectivity index (χ1v) is 10.7. The van der Waals surface area contributed by atoms with Crippen LogP contribution in [0.25, 0.3) is 0 Å². The third kappa shape index (κ3) is 5.70. The first kappa shape index (κ1) is 22.9. The summed E-state index contributed by atoms with van der Waals surface area (Å²) in [7, 11) is 0. The molecule has 1 unspecified atom stereocenters. The summed E-state index contributed by atoms with van der Waals surface area (Å²) in [5.41, 5.74) is 1.66.